The Labute approximate surface area is 176 Å². The van der Waals surface area contributed by atoms with Crippen LogP contribution < -0.4 is 5.32 Å². The second-order valence-electron chi connectivity index (χ2n) is 5.86. The third-order valence-corrected chi connectivity index (χ3v) is 6.06. The molecule has 0 aliphatic rings. The molecule has 1 N–H and O–H groups in total. The molecule has 0 bridgehead atoms. The normalized spacial score (nSPS) is 11.2. The number of hydrogen-bond acceptors (Lipinski definition) is 6. The highest BCUT2D eigenvalue weighted by Crippen LogP contribution is 2.36. The molecule has 12 heteroatoms. The summed E-state index contributed by atoms with van der Waals surface area (Å²) in [4.78, 5) is 24.4. The first-order valence-electron chi connectivity index (χ1n) is 8.31. The summed E-state index contributed by atoms with van der Waals surface area (Å²) in [6, 6.07) is 1.94. The van der Waals surface area contributed by atoms with E-state index in [4.69, 9.17) is 4.74 Å². The number of aromatic nitrogens is 2. The maximum atomic E-state index is 12.9. The fourth-order valence-corrected chi connectivity index (χ4v) is 4.02. The van der Waals surface area contributed by atoms with Gasteiger partial charge in [-0.15, -0.1) is 11.3 Å². The number of nitrogens with zero attached hydrogens (tertiary/aromatic N) is 3. The topological polar surface area (TPSA) is 97.0 Å². The molecule has 0 saturated heterocycles. The van der Waals surface area contributed by atoms with Crippen LogP contribution in [0, 0.1) is 25.2 Å². The van der Waals surface area contributed by atoms with Gasteiger partial charge in [0, 0.05) is 6.42 Å². The molecule has 2 heterocycles. The van der Waals surface area contributed by atoms with Crippen LogP contribution >= 0.6 is 27.3 Å². The van der Waals surface area contributed by atoms with Crippen LogP contribution in [0.15, 0.2) is 4.47 Å². The molecular formula is C17H16BrF3N4O3S. The number of nitrogens with one attached hydrogen (secondary N) is 1. The molecular weight excluding hydrogens is 477 g/mol. The molecule has 29 heavy (non-hydrogen) atoms. The predicted octanol–water partition coefficient (Wildman–Crippen LogP) is 4.42. The molecule has 1 amide bonds. The number of anilines is 1. The molecule has 7 nitrogen and oxygen atoms in total. The first-order valence-corrected chi connectivity index (χ1v) is 9.92. The molecule has 0 saturated carbocycles. The highest BCUT2D eigenvalue weighted by molar-refractivity contribution is 9.10. The van der Waals surface area contributed by atoms with Gasteiger partial charge in [-0.05, 0) is 42.3 Å². The first-order chi connectivity index (χ1) is 13.5. The summed E-state index contributed by atoms with van der Waals surface area (Å²) >= 11 is 3.79. The van der Waals surface area contributed by atoms with Crippen molar-refractivity contribution < 1.29 is 27.5 Å². The second kappa shape index (κ2) is 8.96. The number of esters is 1. The summed E-state index contributed by atoms with van der Waals surface area (Å²) in [5.41, 5.74) is -0.286. The van der Waals surface area contributed by atoms with Gasteiger partial charge in [0.15, 0.2) is 5.69 Å². The Hall–Kier alpha value is -2.39. The van der Waals surface area contributed by atoms with Gasteiger partial charge in [-0.3, -0.25) is 9.48 Å². The van der Waals surface area contributed by atoms with Crippen LogP contribution in [0.5, 0.6) is 0 Å². The SMILES string of the molecule is CCOC(=O)c1sc(NC(=O)CCn2nc(C(F)(F)F)c(Br)c2C)c(C#N)c1C. The maximum Gasteiger partial charge on any atom is 0.436 e. The van der Waals surface area contributed by atoms with Gasteiger partial charge in [-0.1, -0.05) is 0 Å². The van der Waals surface area contributed by atoms with Gasteiger partial charge in [0.25, 0.3) is 0 Å². The van der Waals surface area contributed by atoms with E-state index in [1.807, 2.05) is 6.07 Å². The number of aryl methyl sites for hydroxylation is 1. The van der Waals surface area contributed by atoms with Crippen LogP contribution in [0.4, 0.5) is 18.2 Å². The summed E-state index contributed by atoms with van der Waals surface area (Å²) in [7, 11) is 0. The van der Waals surface area contributed by atoms with Crippen molar-refractivity contribution in [1.82, 2.24) is 9.78 Å². The largest absolute Gasteiger partial charge is 0.462 e. The van der Waals surface area contributed by atoms with Crippen molar-refractivity contribution in [3.63, 3.8) is 0 Å². The Morgan fingerprint density at radius 3 is 2.55 bits per heavy atom. The molecule has 0 atom stereocenters. The van der Waals surface area contributed by atoms with Gasteiger partial charge < -0.3 is 10.1 Å². The Morgan fingerprint density at radius 2 is 2.03 bits per heavy atom. The van der Waals surface area contributed by atoms with Crippen LogP contribution in [-0.4, -0.2) is 28.3 Å². The molecule has 0 aromatic carbocycles. The standard InChI is InChI=1S/C17H16BrF3N4O3S/c1-4-28-16(27)13-8(2)10(7-22)15(29-13)23-11(26)5-6-25-9(3)12(18)14(24-25)17(19,20)21/h4-6H2,1-3H3,(H,23,26). The van der Waals surface area contributed by atoms with Crippen LogP contribution in [0.3, 0.4) is 0 Å². The molecule has 2 rings (SSSR count). The summed E-state index contributed by atoms with van der Waals surface area (Å²) in [6.07, 6.45) is -4.79. The third-order valence-electron chi connectivity index (χ3n) is 3.92. The highest BCUT2D eigenvalue weighted by atomic mass is 79.9. The van der Waals surface area contributed by atoms with E-state index in [2.05, 4.69) is 26.3 Å². The number of halogens is 4. The monoisotopic (exact) mass is 492 g/mol. The fraction of sp³-hybridized carbons (Fsp3) is 0.412. The van der Waals surface area contributed by atoms with Crippen molar-refractivity contribution in [1.29, 1.82) is 5.26 Å². The number of carbonyl (C=O) groups excluding carboxylic acids is 2. The second-order valence-corrected chi connectivity index (χ2v) is 7.67. The lowest BCUT2D eigenvalue weighted by molar-refractivity contribution is -0.142. The summed E-state index contributed by atoms with van der Waals surface area (Å²) in [5, 5.41) is 15.6. The van der Waals surface area contributed by atoms with Crippen molar-refractivity contribution in [2.24, 2.45) is 0 Å². The Bertz CT molecular complexity index is 992. The zero-order valence-corrected chi connectivity index (χ0v) is 18.0. The van der Waals surface area contributed by atoms with E-state index in [-0.39, 0.29) is 45.2 Å². The average Bonchev–Trinajstić information content (AvgIpc) is 3.10. The van der Waals surface area contributed by atoms with Crippen LogP contribution in [0.1, 0.15) is 45.5 Å². The molecule has 0 aliphatic carbocycles. The number of hydrogen-bond donors (Lipinski definition) is 1. The lowest BCUT2D eigenvalue weighted by atomic mass is 10.2. The minimum absolute atomic E-state index is 0.0939. The lowest BCUT2D eigenvalue weighted by Gasteiger charge is -2.06. The van der Waals surface area contributed by atoms with Crippen molar-refractivity contribution in [3.8, 4) is 6.07 Å². The van der Waals surface area contributed by atoms with Crippen LogP contribution in [-0.2, 0) is 22.3 Å². The average molecular weight is 493 g/mol. The van der Waals surface area contributed by atoms with Gasteiger partial charge in [0.1, 0.15) is 15.9 Å². The number of nitriles is 1. The van der Waals surface area contributed by atoms with E-state index >= 15 is 0 Å². The lowest BCUT2D eigenvalue weighted by Crippen LogP contribution is -2.16. The number of ether oxygens (including phenoxy) is 1. The molecule has 0 fully saturated rings. The van der Waals surface area contributed by atoms with Gasteiger partial charge >= 0.3 is 12.1 Å². The van der Waals surface area contributed by atoms with Gasteiger partial charge in [-0.2, -0.15) is 23.5 Å². The molecule has 0 radical (unpaired) electrons. The van der Waals surface area contributed by atoms with Crippen LogP contribution in [0.25, 0.3) is 0 Å². The zero-order chi connectivity index (χ0) is 21.9. The summed E-state index contributed by atoms with van der Waals surface area (Å²) in [6.45, 7) is 4.74. The molecule has 156 valence electrons. The highest BCUT2D eigenvalue weighted by Gasteiger charge is 2.37. The van der Waals surface area contributed by atoms with E-state index in [1.165, 1.54) is 6.92 Å². The van der Waals surface area contributed by atoms with Gasteiger partial charge in [0.2, 0.25) is 5.91 Å². The zero-order valence-electron chi connectivity index (χ0n) is 15.6. The molecule has 0 unspecified atom stereocenters. The van der Waals surface area contributed by atoms with Gasteiger partial charge in [-0.25, -0.2) is 4.79 Å². The predicted molar refractivity (Wildman–Crippen MR) is 103 cm³/mol. The Kier molecular flexibility index (Phi) is 7.07. The van der Waals surface area contributed by atoms with Crippen molar-refractivity contribution >= 4 is 44.1 Å². The van der Waals surface area contributed by atoms with E-state index in [0.717, 1.165) is 16.0 Å². The quantitative estimate of drug-likeness (QED) is 0.601. The van der Waals surface area contributed by atoms with Crippen molar-refractivity contribution in [3.05, 3.63) is 31.9 Å². The van der Waals surface area contributed by atoms with E-state index < -0.39 is 23.7 Å². The smallest absolute Gasteiger partial charge is 0.436 e. The number of amides is 1. The number of alkyl halides is 3. The van der Waals surface area contributed by atoms with Crippen LogP contribution in [0.2, 0.25) is 0 Å². The van der Waals surface area contributed by atoms with Gasteiger partial charge in [0.05, 0.1) is 28.9 Å². The molecule has 2 aromatic rings. The Morgan fingerprint density at radius 1 is 1.38 bits per heavy atom. The minimum atomic E-state index is -4.61. The molecule has 0 aliphatic heterocycles. The molecule has 0 spiro atoms. The number of rotatable bonds is 6. The maximum absolute atomic E-state index is 12.9. The van der Waals surface area contributed by atoms with E-state index in [1.54, 1.807) is 13.8 Å². The third kappa shape index (κ3) is 4.97. The van der Waals surface area contributed by atoms with E-state index in [9.17, 15) is 28.0 Å². The fourth-order valence-electron chi connectivity index (χ4n) is 2.45. The summed E-state index contributed by atoms with van der Waals surface area (Å²) < 4.78 is 44.6. The Balaban J connectivity index is 2.14. The van der Waals surface area contributed by atoms with E-state index in [0.29, 0.717) is 5.56 Å². The number of thiophene rings is 1. The number of carbonyl (C=O) groups is 2. The van der Waals surface area contributed by atoms with Crippen molar-refractivity contribution in [2.45, 2.75) is 39.9 Å². The van der Waals surface area contributed by atoms with Crippen molar-refractivity contribution in [2.75, 3.05) is 11.9 Å². The first kappa shape index (κ1) is 22.9. The minimum Gasteiger partial charge on any atom is -0.462 e. The summed E-state index contributed by atoms with van der Waals surface area (Å²) in [5.74, 6) is -1.12. The molecule has 2 aromatic heterocycles.